The Morgan fingerprint density at radius 1 is 0.684 bits per heavy atom. The van der Waals surface area contributed by atoms with Crippen LogP contribution in [0.5, 0.6) is 0 Å². The van der Waals surface area contributed by atoms with Gasteiger partial charge in [0.25, 0.3) is 0 Å². The van der Waals surface area contributed by atoms with E-state index in [1.807, 2.05) is 39.8 Å². The van der Waals surface area contributed by atoms with Crippen LogP contribution in [-0.2, 0) is 9.84 Å². The SMILES string of the molecule is Cc1cc(C)cc(S(=O)(=O)c2ccc(C)c(C)c2)c1. The second-order valence-electron chi connectivity index (χ2n) is 5.07. The lowest BCUT2D eigenvalue weighted by Crippen LogP contribution is -2.03. The van der Waals surface area contributed by atoms with Gasteiger partial charge in [-0.3, -0.25) is 0 Å². The van der Waals surface area contributed by atoms with Crippen molar-refractivity contribution < 1.29 is 8.42 Å². The van der Waals surface area contributed by atoms with Gasteiger partial charge in [0.05, 0.1) is 9.79 Å². The second kappa shape index (κ2) is 4.82. The van der Waals surface area contributed by atoms with Gasteiger partial charge in [0, 0.05) is 0 Å². The fourth-order valence-electron chi connectivity index (χ4n) is 2.11. The topological polar surface area (TPSA) is 34.1 Å². The number of benzene rings is 2. The minimum Gasteiger partial charge on any atom is -0.219 e. The number of rotatable bonds is 2. The number of hydrogen-bond acceptors (Lipinski definition) is 2. The van der Waals surface area contributed by atoms with E-state index in [4.69, 9.17) is 0 Å². The Bertz CT molecular complexity index is 708. The predicted molar refractivity (Wildman–Crippen MR) is 77.3 cm³/mol. The fraction of sp³-hybridized carbons (Fsp3) is 0.250. The minimum atomic E-state index is -3.42. The van der Waals surface area contributed by atoms with Crippen molar-refractivity contribution in [3.63, 3.8) is 0 Å². The van der Waals surface area contributed by atoms with Crippen LogP contribution in [0, 0.1) is 27.7 Å². The molecule has 0 aromatic heterocycles. The van der Waals surface area contributed by atoms with Gasteiger partial charge in [-0.1, -0.05) is 12.1 Å². The first-order valence-corrected chi connectivity index (χ1v) is 7.69. The molecule has 0 spiro atoms. The fourth-order valence-corrected chi connectivity index (χ4v) is 3.64. The van der Waals surface area contributed by atoms with Gasteiger partial charge >= 0.3 is 0 Å². The van der Waals surface area contributed by atoms with Crippen molar-refractivity contribution in [2.24, 2.45) is 0 Å². The molecule has 2 aromatic rings. The zero-order valence-corrected chi connectivity index (χ0v) is 12.5. The molecule has 0 saturated heterocycles. The highest BCUT2D eigenvalue weighted by Gasteiger charge is 2.18. The van der Waals surface area contributed by atoms with Crippen LogP contribution in [-0.4, -0.2) is 8.42 Å². The predicted octanol–water partition coefficient (Wildman–Crippen LogP) is 3.75. The van der Waals surface area contributed by atoms with Crippen LogP contribution in [0.1, 0.15) is 22.3 Å². The van der Waals surface area contributed by atoms with Crippen LogP contribution in [0.2, 0.25) is 0 Å². The summed E-state index contributed by atoms with van der Waals surface area (Å²) in [5, 5.41) is 0. The lowest BCUT2D eigenvalue weighted by Gasteiger charge is -2.09. The molecule has 0 saturated carbocycles. The number of aryl methyl sites for hydroxylation is 4. The summed E-state index contributed by atoms with van der Waals surface area (Å²) >= 11 is 0. The molecular formula is C16H18O2S. The van der Waals surface area contributed by atoms with E-state index in [9.17, 15) is 8.42 Å². The van der Waals surface area contributed by atoms with Crippen LogP contribution in [0.3, 0.4) is 0 Å². The Morgan fingerprint density at radius 3 is 1.79 bits per heavy atom. The molecule has 0 radical (unpaired) electrons. The van der Waals surface area contributed by atoms with E-state index in [0.717, 1.165) is 22.3 Å². The summed E-state index contributed by atoms with van der Waals surface area (Å²) in [5.74, 6) is 0. The van der Waals surface area contributed by atoms with Crippen LogP contribution in [0.4, 0.5) is 0 Å². The molecule has 0 aliphatic rings. The van der Waals surface area contributed by atoms with Gasteiger partial charge in [-0.25, -0.2) is 8.42 Å². The average Bonchev–Trinajstić information content (AvgIpc) is 2.31. The van der Waals surface area contributed by atoms with Crippen molar-refractivity contribution in [3.05, 3.63) is 58.7 Å². The second-order valence-corrected chi connectivity index (χ2v) is 7.02. The first-order chi connectivity index (χ1) is 8.80. The maximum Gasteiger partial charge on any atom is 0.206 e. The molecule has 0 fully saturated rings. The minimum absolute atomic E-state index is 0.362. The molecule has 2 rings (SSSR count). The van der Waals surface area contributed by atoms with Crippen molar-refractivity contribution in [2.45, 2.75) is 37.5 Å². The zero-order chi connectivity index (χ0) is 14.2. The third-order valence-corrected chi connectivity index (χ3v) is 5.03. The van der Waals surface area contributed by atoms with E-state index in [-0.39, 0.29) is 0 Å². The maximum absolute atomic E-state index is 12.6. The molecule has 0 heterocycles. The van der Waals surface area contributed by atoms with Crippen molar-refractivity contribution in [1.82, 2.24) is 0 Å². The molecule has 100 valence electrons. The monoisotopic (exact) mass is 274 g/mol. The van der Waals surface area contributed by atoms with Gasteiger partial charge in [0.2, 0.25) is 9.84 Å². The van der Waals surface area contributed by atoms with Crippen LogP contribution in [0.15, 0.2) is 46.2 Å². The molecule has 3 heteroatoms. The molecule has 2 nitrogen and oxygen atoms in total. The van der Waals surface area contributed by atoms with Crippen molar-refractivity contribution in [3.8, 4) is 0 Å². The summed E-state index contributed by atoms with van der Waals surface area (Å²) < 4.78 is 25.2. The molecule has 0 N–H and O–H groups in total. The highest BCUT2D eigenvalue weighted by Crippen LogP contribution is 2.24. The van der Waals surface area contributed by atoms with Crippen LogP contribution >= 0.6 is 0 Å². The molecule has 19 heavy (non-hydrogen) atoms. The van der Waals surface area contributed by atoms with E-state index in [1.165, 1.54) is 0 Å². The Morgan fingerprint density at radius 2 is 1.26 bits per heavy atom. The van der Waals surface area contributed by atoms with Gasteiger partial charge in [0.1, 0.15) is 0 Å². The summed E-state index contributed by atoms with van der Waals surface area (Å²) in [6, 6.07) is 10.7. The summed E-state index contributed by atoms with van der Waals surface area (Å²) in [4.78, 5) is 0.730. The van der Waals surface area contributed by atoms with Crippen molar-refractivity contribution >= 4 is 9.84 Å². The largest absolute Gasteiger partial charge is 0.219 e. The molecule has 0 aliphatic heterocycles. The number of sulfone groups is 1. The Labute approximate surface area is 115 Å². The van der Waals surface area contributed by atoms with E-state index in [2.05, 4.69) is 0 Å². The summed E-state index contributed by atoms with van der Waals surface area (Å²) in [5.41, 5.74) is 4.01. The molecule has 0 bridgehead atoms. The van der Waals surface area contributed by atoms with Gasteiger partial charge < -0.3 is 0 Å². The average molecular weight is 274 g/mol. The van der Waals surface area contributed by atoms with E-state index < -0.39 is 9.84 Å². The van der Waals surface area contributed by atoms with E-state index >= 15 is 0 Å². The third kappa shape index (κ3) is 2.71. The van der Waals surface area contributed by atoms with Crippen LogP contribution < -0.4 is 0 Å². The van der Waals surface area contributed by atoms with E-state index in [1.54, 1.807) is 24.3 Å². The van der Waals surface area contributed by atoms with Gasteiger partial charge in [0.15, 0.2) is 0 Å². The van der Waals surface area contributed by atoms with Gasteiger partial charge in [-0.2, -0.15) is 0 Å². The molecule has 0 atom stereocenters. The van der Waals surface area contributed by atoms with E-state index in [0.29, 0.717) is 9.79 Å². The molecule has 0 unspecified atom stereocenters. The highest BCUT2D eigenvalue weighted by molar-refractivity contribution is 7.91. The first-order valence-electron chi connectivity index (χ1n) is 6.21. The summed E-state index contributed by atoms with van der Waals surface area (Å²) in [7, 11) is -3.42. The van der Waals surface area contributed by atoms with Crippen molar-refractivity contribution in [2.75, 3.05) is 0 Å². The molecule has 0 aliphatic carbocycles. The molecule has 0 amide bonds. The standard InChI is InChI=1S/C16H18O2S/c1-11-7-12(2)9-16(8-11)19(17,18)15-6-5-13(3)14(4)10-15/h5-10H,1-4H3. The molecular weight excluding hydrogens is 256 g/mol. The quantitative estimate of drug-likeness (QED) is 0.835. The summed E-state index contributed by atoms with van der Waals surface area (Å²) in [6.45, 7) is 7.72. The van der Waals surface area contributed by atoms with Gasteiger partial charge in [-0.05, 0) is 74.2 Å². The lowest BCUT2D eigenvalue weighted by molar-refractivity contribution is 0.596. The maximum atomic E-state index is 12.6. The summed E-state index contributed by atoms with van der Waals surface area (Å²) in [6.07, 6.45) is 0. The first kappa shape index (κ1) is 13.8. The normalized spacial score (nSPS) is 11.6. The Kier molecular flexibility index (Phi) is 3.50. The van der Waals surface area contributed by atoms with Crippen molar-refractivity contribution in [1.29, 1.82) is 0 Å². The smallest absolute Gasteiger partial charge is 0.206 e. The lowest BCUT2D eigenvalue weighted by atomic mass is 10.1. The van der Waals surface area contributed by atoms with Crippen LogP contribution in [0.25, 0.3) is 0 Å². The van der Waals surface area contributed by atoms with Gasteiger partial charge in [-0.15, -0.1) is 0 Å². The Hall–Kier alpha value is -1.61. The number of hydrogen-bond donors (Lipinski definition) is 0. The third-order valence-electron chi connectivity index (χ3n) is 3.29. The zero-order valence-electron chi connectivity index (χ0n) is 11.7. The molecule has 2 aromatic carbocycles. The Balaban J connectivity index is 2.61. The highest BCUT2D eigenvalue weighted by atomic mass is 32.2.